The van der Waals surface area contributed by atoms with Crippen LogP contribution >= 0.6 is 0 Å². The van der Waals surface area contributed by atoms with E-state index < -0.39 is 10.0 Å². The van der Waals surface area contributed by atoms with Crippen LogP contribution in [0.5, 0.6) is 0 Å². The Balaban J connectivity index is 2.16. The summed E-state index contributed by atoms with van der Waals surface area (Å²) in [5, 5.41) is 0. The van der Waals surface area contributed by atoms with Gasteiger partial charge in [0, 0.05) is 6.54 Å². The van der Waals surface area contributed by atoms with Gasteiger partial charge in [-0.1, -0.05) is 12.1 Å². The molecule has 1 aromatic rings. The summed E-state index contributed by atoms with van der Waals surface area (Å²) in [6, 6.07) is 3.56. The molecule has 3 N–H and O–H groups in total. The van der Waals surface area contributed by atoms with E-state index in [9.17, 15) is 8.42 Å². The van der Waals surface area contributed by atoms with Gasteiger partial charge in [0.1, 0.15) is 4.90 Å². The number of nitrogens with two attached hydrogens (primary N) is 1. The van der Waals surface area contributed by atoms with Crippen LogP contribution in [0.25, 0.3) is 0 Å². The first kappa shape index (κ1) is 15.2. The molecule has 1 aromatic carbocycles. The fourth-order valence-electron chi connectivity index (χ4n) is 2.09. The smallest absolute Gasteiger partial charge is 0.242 e. The van der Waals surface area contributed by atoms with Gasteiger partial charge in [0.05, 0.1) is 31.6 Å². The molecule has 1 saturated heterocycles. The van der Waals surface area contributed by atoms with Crippen molar-refractivity contribution in [3.63, 3.8) is 0 Å². The zero-order valence-corrected chi connectivity index (χ0v) is 12.5. The third-order valence-electron chi connectivity index (χ3n) is 3.27. The summed E-state index contributed by atoms with van der Waals surface area (Å²) in [5.74, 6) is 0. The monoisotopic (exact) mass is 300 g/mol. The summed E-state index contributed by atoms with van der Waals surface area (Å²) in [5.41, 5.74) is 7.56. The lowest BCUT2D eigenvalue weighted by molar-refractivity contribution is -0.0846. The second-order valence-corrected chi connectivity index (χ2v) is 6.57. The molecule has 1 atom stereocenters. The van der Waals surface area contributed by atoms with E-state index in [4.69, 9.17) is 15.2 Å². The topological polar surface area (TPSA) is 90.7 Å². The summed E-state index contributed by atoms with van der Waals surface area (Å²) in [6.07, 6.45) is -0.259. The van der Waals surface area contributed by atoms with Gasteiger partial charge >= 0.3 is 0 Å². The van der Waals surface area contributed by atoms with E-state index in [-0.39, 0.29) is 17.5 Å². The first-order valence-corrected chi connectivity index (χ1v) is 7.95. The van der Waals surface area contributed by atoms with Crippen LogP contribution in [0.3, 0.4) is 0 Å². The van der Waals surface area contributed by atoms with Crippen molar-refractivity contribution in [3.8, 4) is 0 Å². The Morgan fingerprint density at radius 2 is 2.00 bits per heavy atom. The van der Waals surface area contributed by atoms with E-state index in [1.54, 1.807) is 19.9 Å². The molecule has 0 amide bonds. The highest BCUT2D eigenvalue weighted by atomic mass is 32.2. The van der Waals surface area contributed by atoms with Gasteiger partial charge in [-0.05, 0) is 25.0 Å². The minimum Gasteiger partial charge on any atom is -0.397 e. The van der Waals surface area contributed by atoms with Crippen molar-refractivity contribution in [2.75, 3.05) is 32.1 Å². The average molecular weight is 300 g/mol. The summed E-state index contributed by atoms with van der Waals surface area (Å²) in [6.45, 7) is 5.11. The number of ether oxygens (including phenoxy) is 2. The van der Waals surface area contributed by atoms with Crippen LogP contribution < -0.4 is 10.5 Å². The number of hydrogen-bond donors (Lipinski definition) is 2. The van der Waals surface area contributed by atoms with Crippen LogP contribution in [-0.4, -0.2) is 40.9 Å². The van der Waals surface area contributed by atoms with Gasteiger partial charge in [0.15, 0.2) is 0 Å². The maximum Gasteiger partial charge on any atom is 0.242 e. The molecule has 0 spiro atoms. The van der Waals surface area contributed by atoms with E-state index in [2.05, 4.69) is 4.72 Å². The Labute approximate surface area is 119 Å². The molecule has 0 saturated carbocycles. The molecule has 7 heteroatoms. The average Bonchev–Trinajstić information content (AvgIpc) is 2.42. The summed E-state index contributed by atoms with van der Waals surface area (Å²) < 4.78 is 37.9. The van der Waals surface area contributed by atoms with E-state index in [1.807, 2.05) is 6.07 Å². The Morgan fingerprint density at radius 1 is 1.30 bits per heavy atom. The molecule has 20 heavy (non-hydrogen) atoms. The maximum atomic E-state index is 12.4. The lowest BCUT2D eigenvalue weighted by Gasteiger charge is -2.23. The second kappa shape index (κ2) is 6.09. The molecule has 112 valence electrons. The fourth-order valence-corrected chi connectivity index (χ4v) is 3.59. The molecule has 0 aliphatic carbocycles. The quantitative estimate of drug-likeness (QED) is 0.794. The van der Waals surface area contributed by atoms with Crippen LogP contribution in [0.15, 0.2) is 17.0 Å². The fraction of sp³-hybridized carbons (Fsp3) is 0.538. The number of sulfonamides is 1. The van der Waals surface area contributed by atoms with Crippen LogP contribution in [0.2, 0.25) is 0 Å². The summed E-state index contributed by atoms with van der Waals surface area (Å²) in [4.78, 5) is 0.147. The normalized spacial score (nSPS) is 20.0. The minimum absolute atomic E-state index is 0.147. The molecule has 1 heterocycles. The zero-order chi connectivity index (χ0) is 14.8. The van der Waals surface area contributed by atoms with Crippen molar-refractivity contribution in [3.05, 3.63) is 23.3 Å². The van der Waals surface area contributed by atoms with Crippen molar-refractivity contribution >= 4 is 15.7 Å². The number of aryl methyl sites for hydroxylation is 2. The van der Waals surface area contributed by atoms with Gasteiger partial charge in [0.2, 0.25) is 10.0 Å². The highest BCUT2D eigenvalue weighted by Gasteiger charge is 2.23. The minimum atomic E-state index is -3.65. The molecule has 0 aromatic heterocycles. The predicted molar refractivity (Wildman–Crippen MR) is 76.1 cm³/mol. The van der Waals surface area contributed by atoms with Crippen molar-refractivity contribution in [2.24, 2.45) is 0 Å². The van der Waals surface area contributed by atoms with E-state index in [1.165, 1.54) is 0 Å². The van der Waals surface area contributed by atoms with E-state index >= 15 is 0 Å². The number of benzene rings is 1. The van der Waals surface area contributed by atoms with Gasteiger partial charge in [-0.3, -0.25) is 0 Å². The van der Waals surface area contributed by atoms with E-state index in [0.29, 0.717) is 31.1 Å². The van der Waals surface area contributed by atoms with E-state index in [0.717, 1.165) is 5.56 Å². The molecule has 1 aliphatic rings. The van der Waals surface area contributed by atoms with Crippen molar-refractivity contribution in [1.82, 2.24) is 4.72 Å². The Bertz CT molecular complexity index is 580. The molecule has 1 fully saturated rings. The van der Waals surface area contributed by atoms with Gasteiger partial charge in [-0.15, -0.1) is 0 Å². The number of hydrogen-bond acceptors (Lipinski definition) is 5. The molecule has 2 rings (SSSR count). The number of anilines is 1. The van der Waals surface area contributed by atoms with Crippen molar-refractivity contribution in [1.29, 1.82) is 0 Å². The molecular formula is C13H20N2O4S. The van der Waals surface area contributed by atoms with Gasteiger partial charge in [0.25, 0.3) is 0 Å². The number of nitrogens with one attached hydrogen (secondary N) is 1. The molecule has 1 aliphatic heterocycles. The third-order valence-corrected chi connectivity index (χ3v) is 4.89. The SMILES string of the molecule is Cc1ccc(C)c(S(=O)(=O)NCC2COCCO2)c1N. The summed E-state index contributed by atoms with van der Waals surface area (Å²) >= 11 is 0. The van der Waals surface area contributed by atoms with Crippen LogP contribution in [-0.2, 0) is 19.5 Å². The van der Waals surface area contributed by atoms with Crippen molar-refractivity contribution < 1.29 is 17.9 Å². The molecule has 0 radical (unpaired) electrons. The predicted octanol–water partition coefficient (Wildman–Crippen LogP) is 0.579. The Morgan fingerprint density at radius 3 is 2.65 bits per heavy atom. The molecular weight excluding hydrogens is 280 g/mol. The van der Waals surface area contributed by atoms with Gasteiger partial charge in [-0.25, -0.2) is 13.1 Å². The Hall–Kier alpha value is -1.15. The third kappa shape index (κ3) is 3.29. The molecule has 0 bridgehead atoms. The number of nitrogen functional groups attached to an aromatic ring is 1. The first-order valence-electron chi connectivity index (χ1n) is 6.46. The van der Waals surface area contributed by atoms with Gasteiger partial charge < -0.3 is 15.2 Å². The van der Waals surface area contributed by atoms with Crippen molar-refractivity contribution in [2.45, 2.75) is 24.8 Å². The van der Waals surface area contributed by atoms with Crippen LogP contribution in [0.4, 0.5) is 5.69 Å². The standard InChI is InChI=1S/C13H20N2O4S/c1-9-3-4-10(2)13(12(9)14)20(16,17)15-7-11-8-18-5-6-19-11/h3-4,11,15H,5-8,14H2,1-2H3. The van der Waals surface area contributed by atoms with Gasteiger partial charge in [-0.2, -0.15) is 0 Å². The number of rotatable bonds is 4. The largest absolute Gasteiger partial charge is 0.397 e. The van der Waals surface area contributed by atoms with Crippen LogP contribution in [0.1, 0.15) is 11.1 Å². The molecule has 1 unspecified atom stereocenters. The lowest BCUT2D eigenvalue weighted by Crippen LogP contribution is -2.40. The summed E-state index contributed by atoms with van der Waals surface area (Å²) in [7, 11) is -3.65. The first-order chi connectivity index (χ1) is 9.42. The van der Waals surface area contributed by atoms with Crippen LogP contribution in [0, 0.1) is 13.8 Å². The Kier molecular flexibility index (Phi) is 4.64. The maximum absolute atomic E-state index is 12.4. The lowest BCUT2D eigenvalue weighted by atomic mass is 10.1. The zero-order valence-electron chi connectivity index (χ0n) is 11.7. The molecule has 6 nitrogen and oxygen atoms in total. The highest BCUT2D eigenvalue weighted by molar-refractivity contribution is 7.89. The second-order valence-electron chi connectivity index (χ2n) is 4.86. The highest BCUT2D eigenvalue weighted by Crippen LogP contribution is 2.25.